The highest BCUT2D eigenvalue weighted by molar-refractivity contribution is 7.91. The summed E-state index contributed by atoms with van der Waals surface area (Å²) in [4.78, 5) is 16.4. The zero-order chi connectivity index (χ0) is 16.8. The molecule has 1 spiro atoms. The third-order valence-electron chi connectivity index (χ3n) is 5.26. The first-order valence-electron chi connectivity index (χ1n) is 8.47. The van der Waals surface area contributed by atoms with Crippen molar-refractivity contribution < 1.29 is 17.9 Å². The van der Waals surface area contributed by atoms with Gasteiger partial charge in [0.2, 0.25) is 0 Å². The van der Waals surface area contributed by atoms with Crippen LogP contribution in [0.25, 0.3) is 0 Å². The lowest BCUT2D eigenvalue weighted by atomic mass is 9.83. The van der Waals surface area contributed by atoms with Crippen LogP contribution in [-0.4, -0.2) is 63.5 Å². The second-order valence-electron chi connectivity index (χ2n) is 6.73. The van der Waals surface area contributed by atoms with E-state index in [4.69, 9.17) is 4.74 Å². The first-order valence-corrected chi connectivity index (χ1v) is 11.1. The van der Waals surface area contributed by atoms with E-state index in [9.17, 15) is 13.2 Å². The molecule has 0 aliphatic carbocycles. The summed E-state index contributed by atoms with van der Waals surface area (Å²) in [6.07, 6.45) is 2.73. The summed E-state index contributed by atoms with van der Waals surface area (Å²) in [6.45, 7) is 3.18. The molecule has 0 radical (unpaired) electrons. The van der Waals surface area contributed by atoms with Gasteiger partial charge in [-0.3, -0.25) is 4.79 Å². The van der Waals surface area contributed by atoms with Gasteiger partial charge in [0.15, 0.2) is 9.84 Å². The van der Waals surface area contributed by atoms with E-state index in [-0.39, 0.29) is 35.4 Å². The number of ether oxygens (including phenoxy) is 1. The molecule has 0 unspecified atom stereocenters. The largest absolute Gasteiger partial charge is 0.370 e. The molecule has 1 amide bonds. The molecule has 1 N–H and O–H groups in total. The number of amides is 1. The van der Waals surface area contributed by atoms with Gasteiger partial charge in [0, 0.05) is 24.4 Å². The average Bonchev–Trinajstić information content (AvgIpc) is 3.01. The highest BCUT2D eigenvalue weighted by Crippen LogP contribution is 2.43. The molecule has 6 nitrogen and oxygen atoms in total. The molecule has 0 atom stereocenters. The van der Waals surface area contributed by atoms with Crippen LogP contribution in [0.15, 0.2) is 6.07 Å². The van der Waals surface area contributed by atoms with Crippen molar-refractivity contribution in [3.63, 3.8) is 0 Å². The fourth-order valence-corrected chi connectivity index (χ4v) is 6.24. The maximum atomic E-state index is 12.8. The predicted octanol–water partition coefficient (Wildman–Crippen LogP) is 1.19. The summed E-state index contributed by atoms with van der Waals surface area (Å²) in [5.41, 5.74) is 0.951. The third-order valence-corrected chi connectivity index (χ3v) is 8.05. The van der Waals surface area contributed by atoms with Crippen LogP contribution in [0.2, 0.25) is 0 Å². The highest BCUT2D eigenvalue weighted by atomic mass is 35.5. The van der Waals surface area contributed by atoms with E-state index in [2.05, 4.69) is 5.32 Å². The van der Waals surface area contributed by atoms with Gasteiger partial charge >= 0.3 is 0 Å². The van der Waals surface area contributed by atoms with E-state index >= 15 is 0 Å². The molecule has 9 heteroatoms. The number of carbonyl (C=O) groups is 1. The second-order valence-corrected chi connectivity index (χ2v) is 10.2. The van der Waals surface area contributed by atoms with Crippen molar-refractivity contribution in [3.05, 3.63) is 21.4 Å². The Hall–Kier alpha value is -0.670. The Morgan fingerprint density at radius 2 is 1.92 bits per heavy atom. The Morgan fingerprint density at radius 3 is 2.60 bits per heavy atom. The number of hydrogen-bond donors (Lipinski definition) is 1. The zero-order valence-electron chi connectivity index (χ0n) is 14.0. The van der Waals surface area contributed by atoms with Crippen molar-refractivity contribution in [1.29, 1.82) is 0 Å². The molecule has 0 bridgehead atoms. The van der Waals surface area contributed by atoms with Crippen molar-refractivity contribution >= 4 is 39.5 Å². The fourth-order valence-electron chi connectivity index (χ4n) is 3.84. The molecular weight excluding hydrogens is 384 g/mol. The Labute approximate surface area is 158 Å². The number of carbonyl (C=O) groups excluding carboxylic acids is 1. The molecule has 2 saturated heterocycles. The SMILES string of the molecule is Cl.O=C(c1cc2c(s1)CCOC21CCNCC1)N1CCS(=O)(=O)CC1. The van der Waals surface area contributed by atoms with Crippen LogP contribution in [0.4, 0.5) is 0 Å². The molecule has 3 aliphatic rings. The van der Waals surface area contributed by atoms with Gasteiger partial charge < -0.3 is 15.0 Å². The maximum absolute atomic E-state index is 12.8. The van der Waals surface area contributed by atoms with Crippen LogP contribution >= 0.6 is 23.7 Å². The van der Waals surface area contributed by atoms with Gasteiger partial charge in [-0.25, -0.2) is 8.42 Å². The summed E-state index contributed by atoms with van der Waals surface area (Å²) < 4.78 is 29.3. The van der Waals surface area contributed by atoms with Crippen molar-refractivity contribution in [3.8, 4) is 0 Å². The standard InChI is InChI=1S/C16H22N2O4S2.ClH/c19-15(18-6-9-24(20,21)10-7-18)14-11-12-13(23-14)1-8-22-16(12)2-4-17-5-3-16;/h11,17H,1-10H2;1H. The summed E-state index contributed by atoms with van der Waals surface area (Å²) in [6, 6.07) is 2.01. The quantitative estimate of drug-likeness (QED) is 0.758. The molecule has 4 heterocycles. The number of nitrogens with zero attached hydrogens (tertiary/aromatic N) is 1. The minimum absolute atomic E-state index is 0. The second kappa shape index (κ2) is 7.15. The van der Waals surface area contributed by atoms with Gasteiger partial charge in [0.25, 0.3) is 5.91 Å². The highest BCUT2D eigenvalue weighted by Gasteiger charge is 2.41. The van der Waals surface area contributed by atoms with Crippen molar-refractivity contribution in [2.75, 3.05) is 44.3 Å². The Kier molecular flexibility index (Phi) is 5.46. The van der Waals surface area contributed by atoms with Crippen molar-refractivity contribution in [1.82, 2.24) is 10.2 Å². The van der Waals surface area contributed by atoms with E-state index in [1.54, 1.807) is 16.2 Å². The minimum Gasteiger partial charge on any atom is -0.370 e. The third kappa shape index (κ3) is 3.60. The van der Waals surface area contributed by atoms with Gasteiger partial charge in [0.1, 0.15) is 0 Å². The van der Waals surface area contributed by atoms with Crippen LogP contribution in [0.3, 0.4) is 0 Å². The molecule has 0 aromatic carbocycles. The summed E-state index contributed by atoms with van der Waals surface area (Å²) >= 11 is 1.56. The first kappa shape index (κ1) is 19.1. The number of piperidine rings is 1. The number of hydrogen-bond acceptors (Lipinski definition) is 6. The lowest BCUT2D eigenvalue weighted by Crippen LogP contribution is -2.44. The molecule has 3 aliphatic heterocycles. The normalized spacial score (nSPS) is 24.4. The molecule has 0 saturated carbocycles. The van der Waals surface area contributed by atoms with Crippen LogP contribution in [0, 0.1) is 0 Å². The molecular formula is C16H23ClN2O4S2. The van der Waals surface area contributed by atoms with Crippen LogP contribution in [-0.2, 0) is 26.6 Å². The van der Waals surface area contributed by atoms with Crippen LogP contribution < -0.4 is 5.32 Å². The van der Waals surface area contributed by atoms with Gasteiger partial charge in [-0.15, -0.1) is 23.7 Å². The number of halogens is 1. The molecule has 4 rings (SSSR count). The summed E-state index contributed by atoms with van der Waals surface area (Å²) in [5.74, 6) is 0.110. The Morgan fingerprint density at radius 1 is 1.24 bits per heavy atom. The van der Waals surface area contributed by atoms with Crippen LogP contribution in [0.5, 0.6) is 0 Å². The van der Waals surface area contributed by atoms with Gasteiger partial charge in [-0.05, 0) is 37.6 Å². The summed E-state index contributed by atoms with van der Waals surface area (Å²) in [5, 5.41) is 3.37. The molecule has 1 aromatic rings. The lowest BCUT2D eigenvalue weighted by molar-refractivity contribution is -0.0792. The van der Waals surface area contributed by atoms with Gasteiger partial charge in [-0.2, -0.15) is 0 Å². The Bertz CT molecular complexity index is 742. The lowest BCUT2D eigenvalue weighted by Gasteiger charge is -2.40. The Balaban J connectivity index is 0.00000182. The van der Waals surface area contributed by atoms with Crippen molar-refractivity contribution in [2.45, 2.75) is 24.9 Å². The van der Waals surface area contributed by atoms with E-state index in [0.29, 0.717) is 19.7 Å². The van der Waals surface area contributed by atoms with Gasteiger partial charge in [-0.1, -0.05) is 0 Å². The number of rotatable bonds is 1. The molecule has 2 fully saturated rings. The monoisotopic (exact) mass is 406 g/mol. The first-order chi connectivity index (χ1) is 11.5. The van der Waals surface area contributed by atoms with Crippen molar-refractivity contribution in [2.24, 2.45) is 0 Å². The van der Waals surface area contributed by atoms with E-state index in [1.165, 1.54) is 10.4 Å². The number of fused-ring (bicyclic) bond motifs is 2. The van der Waals surface area contributed by atoms with E-state index < -0.39 is 9.84 Å². The van der Waals surface area contributed by atoms with Gasteiger partial charge in [0.05, 0.1) is 28.6 Å². The molecule has 25 heavy (non-hydrogen) atoms. The number of thiophene rings is 1. The molecule has 140 valence electrons. The topological polar surface area (TPSA) is 75.7 Å². The summed E-state index contributed by atoms with van der Waals surface area (Å²) in [7, 11) is -2.97. The zero-order valence-corrected chi connectivity index (χ0v) is 16.4. The minimum atomic E-state index is -2.97. The van der Waals surface area contributed by atoms with Crippen LogP contribution in [0.1, 0.15) is 33.0 Å². The molecule has 1 aromatic heterocycles. The smallest absolute Gasteiger partial charge is 0.264 e. The fraction of sp³-hybridized carbons (Fsp3) is 0.688. The average molecular weight is 407 g/mol. The van der Waals surface area contributed by atoms with E-state index in [1.807, 2.05) is 6.07 Å². The number of nitrogens with one attached hydrogen (secondary N) is 1. The van der Waals surface area contributed by atoms with E-state index in [0.717, 1.165) is 37.2 Å². The maximum Gasteiger partial charge on any atom is 0.264 e. The number of sulfone groups is 1. The predicted molar refractivity (Wildman–Crippen MR) is 99.6 cm³/mol.